The van der Waals surface area contributed by atoms with Crippen LogP contribution in [0.15, 0.2) is 18.2 Å². The molecule has 0 atom stereocenters. The maximum atomic E-state index is 10.6. The van der Waals surface area contributed by atoms with E-state index in [2.05, 4.69) is 17.2 Å². The summed E-state index contributed by atoms with van der Waals surface area (Å²) in [6.45, 7) is 0.850. The second kappa shape index (κ2) is 6.65. The van der Waals surface area contributed by atoms with Gasteiger partial charge in [-0.15, -0.1) is 0 Å². The van der Waals surface area contributed by atoms with Crippen LogP contribution < -0.4 is 10.1 Å². The van der Waals surface area contributed by atoms with Gasteiger partial charge in [-0.25, -0.2) is 0 Å². The predicted molar refractivity (Wildman–Crippen MR) is 63.8 cm³/mol. The Bertz CT molecular complexity index is 416. The van der Waals surface area contributed by atoms with Gasteiger partial charge in [-0.2, -0.15) is 0 Å². The van der Waals surface area contributed by atoms with E-state index in [-0.39, 0.29) is 0 Å². The van der Waals surface area contributed by atoms with Crippen LogP contribution in [0.25, 0.3) is 0 Å². The van der Waals surface area contributed by atoms with Crippen LogP contribution in [-0.4, -0.2) is 27.0 Å². The highest BCUT2D eigenvalue weighted by molar-refractivity contribution is 5.76. The monoisotopic (exact) mass is 217 g/mol. The Balaban J connectivity index is 2.89. The van der Waals surface area contributed by atoms with Crippen molar-refractivity contribution in [2.45, 2.75) is 6.42 Å². The van der Waals surface area contributed by atoms with Crippen molar-refractivity contribution in [3.05, 3.63) is 29.3 Å². The lowest BCUT2D eigenvalue weighted by molar-refractivity contribution is 0.112. The number of benzene rings is 1. The molecular weight excluding hydrogens is 202 g/mol. The number of methoxy groups -OCH3 is 1. The van der Waals surface area contributed by atoms with Gasteiger partial charge in [0.1, 0.15) is 12.0 Å². The van der Waals surface area contributed by atoms with Gasteiger partial charge in [0.05, 0.1) is 12.7 Å². The first-order chi connectivity index (χ1) is 7.81. The Morgan fingerprint density at radius 1 is 1.50 bits per heavy atom. The molecule has 1 N–H and O–H groups in total. The molecule has 0 bridgehead atoms. The molecule has 0 spiro atoms. The zero-order valence-corrected chi connectivity index (χ0v) is 9.54. The number of carbonyl (C=O) groups is 1. The van der Waals surface area contributed by atoms with Crippen molar-refractivity contribution >= 4 is 6.29 Å². The zero-order valence-electron chi connectivity index (χ0n) is 9.54. The fourth-order valence-electron chi connectivity index (χ4n) is 1.24. The third-order valence-electron chi connectivity index (χ3n) is 2.08. The Morgan fingerprint density at radius 2 is 2.31 bits per heavy atom. The van der Waals surface area contributed by atoms with Gasteiger partial charge >= 0.3 is 0 Å². The summed E-state index contributed by atoms with van der Waals surface area (Å²) in [5.74, 6) is 6.72. The average molecular weight is 217 g/mol. The summed E-state index contributed by atoms with van der Waals surface area (Å²) in [6.07, 6.45) is 1.57. The van der Waals surface area contributed by atoms with Crippen LogP contribution in [0.4, 0.5) is 0 Å². The molecule has 0 aliphatic heterocycles. The molecule has 1 aromatic carbocycles. The van der Waals surface area contributed by atoms with Crippen LogP contribution >= 0.6 is 0 Å². The average Bonchev–Trinajstić information content (AvgIpc) is 2.34. The topological polar surface area (TPSA) is 38.3 Å². The van der Waals surface area contributed by atoms with Crippen molar-refractivity contribution in [2.75, 3.05) is 20.7 Å². The quantitative estimate of drug-likeness (QED) is 0.471. The second-order valence-corrected chi connectivity index (χ2v) is 3.23. The molecule has 0 radical (unpaired) electrons. The summed E-state index contributed by atoms with van der Waals surface area (Å²) in [5.41, 5.74) is 1.36. The van der Waals surface area contributed by atoms with E-state index in [1.807, 2.05) is 7.05 Å². The number of hydrogen-bond acceptors (Lipinski definition) is 3. The number of rotatable bonds is 4. The van der Waals surface area contributed by atoms with Gasteiger partial charge < -0.3 is 10.1 Å². The molecule has 0 amide bonds. The van der Waals surface area contributed by atoms with Gasteiger partial charge in [0.25, 0.3) is 0 Å². The lowest BCUT2D eigenvalue weighted by Crippen LogP contribution is -2.05. The minimum Gasteiger partial charge on any atom is -0.495 e. The smallest absolute Gasteiger partial charge is 0.150 e. The molecule has 0 aliphatic carbocycles. The first-order valence-corrected chi connectivity index (χ1v) is 5.08. The highest BCUT2D eigenvalue weighted by Gasteiger charge is 2.00. The molecule has 0 heterocycles. The molecular formula is C13H15NO2. The molecule has 1 aromatic rings. The summed E-state index contributed by atoms with van der Waals surface area (Å²) < 4.78 is 5.17. The Hall–Kier alpha value is -1.79. The molecule has 16 heavy (non-hydrogen) atoms. The molecule has 0 unspecified atom stereocenters. The molecule has 3 heteroatoms. The first kappa shape index (κ1) is 12.3. The number of aldehydes is 1. The highest BCUT2D eigenvalue weighted by atomic mass is 16.5. The van der Waals surface area contributed by atoms with Crippen molar-refractivity contribution in [2.24, 2.45) is 0 Å². The molecule has 0 fully saturated rings. The van der Waals surface area contributed by atoms with Crippen LogP contribution in [0.3, 0.4) is 0 Å². The number of carbonyl (C=O) groups excluding carboxylic acids is 1. The Kier molecular flexibility index (Phi) is 5.10. The van der Waals surface area contributed by atoms with Gasteiger partial charge in [-0.05, 0) is 25.2 Å². The van der Waals surface area contributed by atoms with Crippen molar-refractivity contribution in [1.29, 1.82) is 0 Å². The summed E-state index contributed by atoms with van der Waals surface area (Å²) in [7, 11) is 3.48. The molecule has 1 rings (SSSR count). The van der Waals surface area contributed by atoms with E-state index >= 15 is 0 Å². The van der Waals surface area contributed by atoms with E-state index in [1.54, 1.807) is 25.3 Å². The minimum atomic E-state index is 0.610. The molecule has 0 aliphatic rings. The maximum absolute atomic E-state index is 10.6. The van der Waals surface area contributed by atoms with Crippen molar-refractivity contribution < 1.29 is 9.53 Å². The van der Waals surface area contributed by atoms with E-state index in [0.717, 1.165) is 24.8 Å². The fourth-order valence-corrected chi connectivity index (χ4v) is 1.24. The van der Waals surface area contributed by atoms with Gasteiger partial charge in [0, 0.05) is 18.5 Å². The molecule has 0 saturated carbocycles. The summed E-state index contributed by atoms with van der Waals surface area (Å²) in [4.78, 5) is 10.6. The van der Waals surface area contributed by atoms with E-state index in [0.29, 0.717) is 11.3 Å². The Labute approximate surface area is 95.8 Å². The molecule has 0 saturated heterocycles. The summed E-state index contributed by atoms with van der Waals surface area (Å²) in [6, 6.07) is 5.20. The van der Waals surface area contributed by atoms with E-state index in [9.17, 15) is 4.79 Å². The van der Waals surface area contributed by atoms with E-state index in [1.165, 1.54) is 0 Å². The Morgan fingerprint density at radius 3 is 2.94 bits per heavy atom. The second-order valence-electron chi connectivity index (χ2n) is 3.23. The molecule has 84 valence electrons. The van der Waals surface area contributed by atoms with Gasteiger partial charge in [-0.3, -0.25) is 4.79 Å². The molecule has 3 nitrogen and oxygen atoms in total. The van der Waals surface area contributed by atoms with Crippen LogP contribution in [0, 0.1) is 11.8 Å². The van der Waals surface area contributed by atoms with Crippen LogP contribution in [0.1, 0.15) is 22.3 Å². The van der Waals surface area contributed by atoms with E-state index < -0.39 is 0 Å². The van der Waals surface area contributed by atoms with Gasteiger partial charge in [-0.1, -0.05) is 11.8 Å². The lowest BCUT2D eigenvalue weighted by Gasteiger charge is -2.02. The normalized spacial score (nSPS) is 9.12. The SMILES string of the molecule is CNCCC#Cc1cc(C=O)ccc1OC. The van der Waals surface area contributed by atoms with Crippen molar-refractivity contribution in [3.63, 3.8) is 0 Å². The van der Waals surface area contributed by atoms with Gasteiger partial charge in [0.15, 0.2) is 0 Å². The third-order valence-corrected chi connectivity index (χ3v) is 2.08. The first-order valence-electron chi connectivity index (χ1n) is 5.08. The number of nitrogens with one attached hydrogen (secondary N) is 1. The van der Waals surface area contributed by atoms with Crippen LogP contribution in [0.2, 0.25) is 0 Å². The lowest BCUT2D eigenvalue weighted by atomic mass is 10.1. The third kappa shape index (κ3) is 3.41. The zero-order chi connectivity index (χ0) is 11.8. The van der Waals surface area contributed by atoms with Crippen molar-refractivity contribution in [1.82, 2.24) is 5.32 Å². The maximum Gasteiger partial charge on any atom is 0.150 e. The standard InChI is InChI=1S/C13H15NO2/c1-14-8-4-3-5-12-9-11(10-15)6-7-13(12)16-2/h6-7,9-10,14H,4,8H2,1-2H3. The minimum absolute atomic E-state index is 0.610. The molecule has 0 aromatic heterocycles. The highest BCUT2D eigenvalue weighted by Crippen LogP contribution is 2.17. The summed E-state index contributed by atoms with van der Waals surface area (Å²) in [5, 5.41) is 3.02. The summed E-state index contributed by atoms with van der Waals surface area (Å²) >= 11 is 0. The largest absolute Gasteiger partial charge is 0.495 e. The van der Waals surface area contributed by atoms with Crippen LogP contribution in [-0.2, 0) is 0 Å². The van der Waals surface area contributed by atoms with Crippen molar-refractivity contribution in [3.8, 4) is 17.6 Å². The van der Waals surface area contributed by atoms with Gasteiger partial charge in [0.2, 0.25) is 0 Å². The van der Waals surface area contributed by atoms with Crippen LogP contribution in [0.5, 0.6) is 5.75 Å². The fraction of sp³-hybridized carbons (Fsp3) is 0.308. The number of ether oxygens (including phenoxy) is 1. The number of hydrogen-bond donors (Lipinski definition) is 1. The van der Waals surface area contributed by atoms with E-state index in [4.69, 9.17) is 4.74 Å². The predicted octanol–water partition coefficient (Wildman–Crippen LogP) is 1.47.